The molecule has 2 rings (SSSR count). The van der Waals surface area contributed by atoms with Crippen molar-refractivity contribution in [2.24, 2.45) is 0 Å². The van der Waals surface area contributed by atoms with Gasteiger partial charge in [0.05, 0.1) is 15.7 Å². The summed E-state index contributed by atoms with van der Waals surface area (Å²) in [6, 6.07) is 5.27. The van der Waals surface area contributed by atoms with E-state index in [4.69, 9.17) is 0 Å². The van der Waals surface area contributed by atoms with Crippen LogP contribution in [0, 0.1) is 12.7 Å². The summed E-state index contributed by atoms with van der Waals surface area (Å²) in [4.78, 5) is 5.45. The maximum Gasteiger partial charge on any atom is 0.137 e. The molecule has 0 fully saturated rings. The fraction of sp³-hybridized carbons (Fsp3) is 0.308. The van der Waals surface area contributed by atoms with Crippen molar-refractivity contribution >= 4 is 27.3 Å². The molecule has 1 atom stereocenters. The van der Waals surface area contributed by atoms with Crippen LogP contribution in [0.25, 0.3) is 0 Å². The molecule has 1 aromatic carbocycles. The predicted octanol–water partition coefficient (Wildman–Crippen LogP) is 4.20. The highest BCUT2D eigenvalue weighted by atomic mass is 79.9. The van der Waals surface area contributed by atoms with Crippen molar-refractivity contribution in [1.82, 2.24) is 10.3 Å². The van der Waals surface area contributed by atoms with Crippen molar-refractivity contribution in [2.45, 2.75) is 26.4 Å². The maximum atomic E-state index is 13.2. The number of nitrogens with zero attached hydrogens (tertiary/aromatic N) is 1. The molecule has 2 aromatic rings. The lowest BCUT2D eigenvalue weighted by atomic mass is 10.1. The second-order valence-corrected chi connectivity index (χ2v) is 5.93. The van der Waals surface area contributed by atoms with Crippen LogP contribution in [0.3, 0.4) is 0 Å². The van der Waals surface area contributed by atoms with Gasteiger partial charge >= 0.3 is 0 Å². The van der Waals surface area contributed by atoms with E-state index < -0.39 is 0 Å². The Morgan fingerprint density at radius 1 is 1.50 bits per heavy atom. The molecule has 5 heteroatoms. The Morgan fingerprint density at radius 2 is 2.28 bits per heavy atom. The average molecular weight is 329 g/mol. The SMILES string of the molecule is Cc1ncsc1CNC(C)c1ccc(F)c(Br)c1. The minimum Gasteiger partial charge on any atom is -0.305 e. The molecule has 0 amide bonds. The molecular formula is C13H14BrFN2S. The number of hydrogen-bond acceptors (Lipinski definition) is 3. The Balaban J connectivity index is 2.01. The first-order valence-electron chi connectivity index (χ1n) is 5.65. The number of nitrogens with one attached hydrogen (secondary N) is 1. The van der Waals surface area contributed by atoms with Gasteiger partial charge in [-0.2, -0.15) is 0 Å². The van der Waals surface area contributed by atoms with Crippen LogP contribution in [-0.2, 0) is 6.54 Å². The van der Waals surface area contributed by atoms with E-state index in [0.29, 0.717) is 4.47 Å². The Morgan fingerprint density at radius 3 is 2.89 bits per heavy atom. The summed E-state index contributed by atoms with van der Waals surface area (Å²) >= 11 is 4.85. The third-order valence-electron chi connectivity index (χ3n) is 2.86. The fourth-order valence-corrected chi connectivity index (χ4v) is 2.77. The normalized spacial score (nSPS) is 12.7. The van der Waals surface area contributed by atoms with Crippen LogP contribution >= 0.6 is 27.3 Å². The highest BCUT2D eigenvalue weighted by molar-refractivity contribution is 9.10. The molecule has 0 saturated heterocycles. The molecule has 18 heavy (non-hydrogen) atoms. The highest BCUT2D eigenvalue weighted by Crippen LogP contribution is 2.22. The van der Waals surface area contributed by atoms with Crippen molar-refractivity contribution in [3.63, 3.8) is 0 Å². The Kier molecular flexibility index (Phi) is 4.48. The Hall–Kier alpha value is -0.780. The van der Waals surface area contributed by atoms with Crippen molar-refractivity contribution in [2.75, 3.05) is 0 Å². The van der Waals surface area contributed by atoms with Crippen molar-refractivity contribution < 1.29 is 4.39 Å². The standard InChI is InChI=1S/C13H14BrFN2S/c1-8(10-3-4-12(15)11(14)5-10)16-6-13-9(2)17-7-18-13/h3-5,7-8,16H,6H2,1-2H3. The summed E-state index contributed by atoms with van der Waals surface area (Å²) in [5.74, 6) is -0.232. The fourth-order valence-electron chi connectivity index (χ4n) is 1.64. The second kappa shape index (κ2) is 5.91. The van der Waals surface area contributed by atoms with Crippen molar-refractivity contribution in [3.8, 4) is 0 Å². The van der Waals surface area contributed by atoms with Gasteiger partial charge in [-0.1, -0.05) is 6.07 Å². The van der Waals surface area contributed by atoms with Crippen LogP contribution in [0.15, 0.2) is 28.2 Å². The first kappa shape index (κ1) is 13.6. The van der Waals surface area contributed by atoms with Gasteiger partial charge in [-0.05, 0) is 47.5 Å². The molecule has 1 heterocycles. The molecule has 96 valence electrons. The largest absolute Gasteiger partial charge is 0.305 e. The maximum absolute atomic E-state index is 13.2. The number of rotatable bonds is 4. The minimum absolute atomic E-state index is 0.170. The third-order valence-corrected chi connectivity index (χ3v) is 4.40. The summed E-state index contributed by atoms with van der Waals surface area (Å²) in [5.41, 5.74) is 3.98. The number of aryl methyl sites for hydroxylation is 1. The van der Waals surface area contributed by atoms with E-state index in [0.717, 1.165) is 17.8 Å². The molecule has 1 aromatic heterocycles. The summed E-state index contributed by atoms with van der Waals surface area (Å²) in [6.07, 6.45) is 0. The lowest BCUT2D eigenvalue weighted by molar-refractivity contribution is 0.572. The molecule has 0 saturated carbocycles. The lowest BCUT2D eigenvalue weighted by Gasteiger charge is -2.14. The van der Waals surface area contributed by atoms with Gasteiger partial charge in [0.2, 0.25) is 0 Å². The lowest BCUT2D eigenvalue weighted by Crippen LogP contribution is -2.18. The minimum atomic E-state index is -0.232. The van der Waals surface area contributed by atoms with Gasteiger partial charge in [-0.25, -0.2) is 9.37 Å². The van der Waals surface area contributed by atoms with E-state index in [1.54, 1.807) is 17.4 Å². The summed E-state index contributed by atoms with van der Waals surface area (Å²) in [7, 11) is 0. The van der Waals surface area contributed by atoms with Gasteiger partial charge in [0, 0.05) is 17.5 Å². The Labute approximate surface area is 118 Å². The number of benzene rings is 1. The molecule has 0 aliphatic rings. The zero-order valence-electron chi connectivity index (χ0n) is 10.2. The van der Waals surface area contributed by atoms with Crippen molar-refractivity contribution in [3.05, 3.63) is 50.1 Å². The van der Waals surface area contributed by atoms with E-state index in [1.807, 2.05) is 18.5 Å². The van der Waals surface area contributed by atoms with E-state index in [9.17, 15) is 4.39 Å². The highest BCUT2D eigenvalue weighted by Gasteiger charge is 2.09. The van der Waals surface area contributed by atoms with Crippen LogP contribution in [0.2, 0.25) is 0 Å². The molecular weight excluding hydrogens is 315 g/mol. The molecule has 1 N–H and O–H groups in total. The second-order valence-electron chi connectivity index (χ2n) is 4.14. The van der Waals surface area contributed by atoms with E-state index in [-0.39, 0.29) is 11.9 Å². The van der Waals surface area contributed by atoms with Gasteiger partial charge < -0.3 is 5.32 Å². The third kappa shape index (κ3) is 3.16. The molecule has 2 nitrogen and oxygen atoms in total. The zero-order valence-corrected chi connectivity index (χ0v) is 12.6. The van der Waals surface area contributed by atoms with Gasteiger partial charge in [0.1, 0.15) is 5.82 Å². The predicted molar refractivity (Wildman–Crippen MR) is 76.2 cm³/mol. The van der Waals surface area contributed by atoms with Crippen LogP contribution in [0.1, 0.15) is 29.1 Å². The van der Waals surface area contributed by atoms with Crippen LogP contribution < -0.4 is 5.32 Å². The van der Waals surface area contributed by atoms with Crippen LogP contribution in [0.5, 0.6) is 0 Å². The number of hydrogen-bond donors (Lipinski definition) is 1. The molecule has 0 bridgehead atoms. The quantitative estimate of drug-likeness (QED) is 0.909. The Bertz CT molecular complexity index is 542. The first-order chi connectivity index (χ1) is 8.58. The molecule has 0 aliphatic carbocycles. The zero-order chi connectivity index (χ0) is 13.1. The first-order valence-corrected chi connectivity index (χ1v) is 7.32. The summed E-state index contributed by atoms with van der Waals surface area (Å²) < 4.78 is 13.7. The number of thiazole rings is 1. The van der Waals surface area contributed by atoms with Gasteiger partial charge in [-0.3, -0.25) is 0 Å². The van der Waals surface area contributed by atoms with Crippen LogP contribution in [0.4, 0.5) is 4.39 Å². The molecule has 1 unspecified atom stereocenters. The van der Waals surface area contributed by atoms with Gasteiger partial charge in [-0.15, -0.1) is 11.3 Å². The van der Waals surface area contributed by atoms with Gasteiger partial charge in [0.25, 0.3) is 0 Å². The van der Waals surface area contributed by atoms with E-state index in [2.05, 4.69) is 33.2 Å². The molecule has 0 aliphatic heterocycles. The van der Waals surface area contributed by atoms with E-state index in [1.165, 1.54) is 10.9 Å². The molecule has 0 spiro atoms. The summed E-state index contributed by atoms with van der Waals surface area (Å²) in [5, 5.41) is 3.42. The topological polar surface area (TPSA) is 24.9 Å². The van der Waals surface area contributed by atoms with Crippen LogP contribution in [-0.4, -0.2) is 4.98 Å². The number of halogens is 2. The smallest absolute Gasteiger partial charge is 0.137 e. The van der Waals surface area contributed by atoms with E-state index >= 15 is 0 Å². The van der Waals surface area contributed by atoms with Crippen molar-refractivity contribution in [1.29, 1.82) is 0 Å². The molecule has 0 radical (unpaired) electrons. The monoisotopic (exact) mass is 328 g/mol. The number of aromatic nitrogens is 1. The summed E-state index contributed by atoms with van der Waals surface area (Å²) in [6.45, 7) is 4.86. The average Bonchev–Trinajstić information content (AvgIpc) is 2.75. The van der Waals surface area contributed by atoms with Gasteiger partial charge in [0.15, 0.2) is 0 Å².